The number of nitrogens with one attached hydrogen (secondary N) is 2. The van der Waals surface area contributed by atoms with E-state index in [9.17, 15) is 30.8 Å². The van der Waals surface area contributed by atoms with E-state index in [1.165, 1.54) is 24.3 Å². The fourth-order valence-electron chi connectivity index (χ4n) is 2.04. The Morgan fingerprint density at radius 3 is 2.46 bits per heavy atom. The van der Waals surface area contributed by atoms with Crippen molar-refractivity contribution in [1.82, 2.24) is 10.3 Å². The predicted molar refractivity (Wildman–Crippen MR) is 95.0 cm³/mol. The molecule has 2 N–H and O–H groups in total. The number of hydrogen-bond acceptors (Lipinski definition) is 4. The van der Waals surface area contributed by atoms with Crippen molar-refractivity contribution >= 4 is 27.7 Å². The third-order valence-electron chi connectivity index (χ3n) is 3.30. The van der Waals surface area contributed by atoms with Gasteiger partial charge in [0.05, 0.1) is 11.9 Å². The first-order valence-corrected chi connectivity index (χ1v) is 9.58. The van der Waals surface area contributed by atoms with Crippen LogP contribution in [0.1, 0.15) is 16.8 Å². The van der Waals surface area contributed by atoms with Crippen molar-refractivity contribution in [3.63, 3.8) is 0 Å². The van der Waals surface area contributed by atoms with Gasteiger partial charge in [0.15, 0.2) is 0 Å². The van der Waals surface area contributed by atoms with Gasteiger partial charge in [-0.1, -0.05) is 12.1 Å². The highest BCUT2D eigenvalue weighted by molar-refractivity contribution is 7.92. The molecule has 6 nitrogen and oxygen atoms in total. The number of hydrogen-bond donors (Lipinski definition) is 2. The number of carbonyl (C=O) groups is 1. The zero-order valence-electron chi connectivity index (χ0n) is 14.4. The highest BCUT2D eigenvalue weighted by Gasteiger charge is 2.31. The van der Waals surface area contributed by atoms with Crippen molar-refractivity contribution in [2.45, 2.75) is 12.7 Å². The first kappa shape index (κ1) is 21.4. The smallest absolute Gasteiger partial charge is 0.348 e. The fourth-order valence-corrected chi connectivity index (χ4v) is 2.61. The quantitative estimate of drug-likeness (QED) is 0.559. The average Bonchev–Trinajstić information content (AvgIpc) is 2.59. The van der Waals surface area contributed by atoms with Crippen LogP contribution in [0.25, 0.3) is 6.08 Å². The molecule has 0 saturated carbocycles. The molecular weight excluding hydrogens is 402 g/mol. The first-order chi connectivity index (χ1) is 12.9. The van der Waals surface area contributed by atoms with Crippen LogP contribution in [0.5, 0.6) is 0 Å². The Labute approximate surface area is 158 Å². The lowest BCUT2D eigenvalue weighted by Crippen LogP contribution is -2.20. The monoisotopic (exact) mass is 417 g/mol. The molecule has 1 heterocycles. The molecule has 1 aromatic heterocycles. The van der Waals surface area contributed by atoms with Gasteiger partial charge in [-0.3, -0.25) is 14.5 Å². The van der Waals surface area contributed by atoms with E-state index in [0.29, 0.717) is 11.1 Å². The van der Waals surface area contributed by atoms with Crippen molar-refractivity contribution in [1.29, 1.82) is 0 Å². The number of nitrogens with zero attached hydrogens (tertiary/aromatic N) is 1. The Morgan fingerprint density at radius 1 is 1.21 bits per heavy atom. The van der Waals surface area contributed by atoms with Crippen molar-refractivity contribution in [2.75, 3.05) is 11.0 Å². The topological polar surface area (TPSA) is 88.2 Å². The summed E-state index contributed by atoms with van der Waals surface area (Å²) in [6.45, 7) is -0.0372. The van der Waals surface area contributed by atoms with Crippen LogP contribution in [0, 0.1) is 5.82 Å². The number of pyridine rings is 1. The van der Waals surface area contributed by atoms with Crippen molar-refractivity contribution in [3.05, 3.63) is 65.2 Å². The van der Waals surface area contributed by atoms with Crippen LogP contribution < -0.4 is 10.0 Å². The standard InChI is InChI=1S/C17H15F4N3O3S/c1-28(26,27)24-14-5-2-12(8-13(14)18)10-23-16(25)7-4-11-3-6-15(22-9-11)17(19,20)21/h2-9,24H,10H2,1H3,(H,23,25)/b7-4-. The van der Waals surface area contributed by atoms with Crippen molar-refractivity contribution in [2.24, 2.45) is 0 Å². The maximum Gasteiger partial charge on any atom is 0.433 e. The molecule has 0 saturated heterocycles. The minimum Gasteiger partial charge on any atom is -0.348 e. The van der Waals surface area contributed by atoms with Crippen molar-refractivity contribution < 1.29 is 30.8 Å². The highest BCUT2D eigenvalue weighted by Crippen LogP contribution is 2.27. The van der Waals surface area contributed by atoms with Crippen LogP contribution in [0.4, 0.5) is 23.2 Å². The van der Waals surface area contributed by atoms with E-state index in [4.69, 9.17) is 0 Å². The molecule has 2 aromatic rings. The number of amides is 1. The van der Waals surface area contributed by atoms with Gasteiger partial charge in [-0.15, -0.1) is 0 Å². The molecule has 0 atom stereocenters. The number of halogens is 4. The second-order valence-corrected chi connectivity index (χ2v) is 7.46. The number of benzene rings is 1. The summed E-state index contributed by atoms with van der Waals surface area (Å²) < 4.78 is 75.4. The van der Waals surface area contributed by atoms with E-state index in [1.54, 1.807) is 0 Å². The summed E-state index contributed by atoms with van der Waals surface area (Å²) in [7, 11) is -3.62. The summed E-state index contributed by atoms with van der Waals surface area (Å²) in [5.74, 6) is -1.36. The third-order valence-corrected chi connectivity index (χ3v) is 3.89. The molecule has 2 rings (SSSR count). The van der Waals surface area contributed by atoms with Gasteiger partial charge in [-0.2, -0.15) is 13.2 Å². The lowest BCUT2D eigenvalue weighted by molar-refractivity contribution is -0.141. The van der Waals surface area contributed by atoms with E-state index < -0.39 is 33.6 Å². The second-order valence-electron chi connectivity index (χ2n) is 5.71. The zero-order valence-corrected chi connectivity index (χ0v) is 15.2. The fraction of sp³-hybridized carbons (Fsp3) is 0.176. The minimum absolute atomic E-state index is 0.0372. The van der Waals surface area contributed by atoms with Crippen LogP contribution in [-0.4, -0.2) is 25.6 Å². The zero-order chi connectivity index (χ0) is 20.9. The summed E-state index contributed by atoms with van der Waals surface area (Å²) in [5.41, 5.74) is -0.572. The molecule has 11 heteroatoms. The van der Waals surface area contributed by atoms with Crippen molar-refractivity contribution in [3.8, 4) is 0 Å². The number of carbonyl (C=O) groups excluding carboxylic acids is 1. The van der Waals surface area contributed by atoms with Gasteiger partial charge in [0.2, 0.25) is 15.9 Å². The molecule has 0 bridgehead atoms. The van der Waals surface area contributed by atoms with Crippen LogP contribution in [0.3, 0.4) is 0 Å². The molecule has 1 aromatic carbocycles. The van der Waals surface area contributed by atoms with E-state index in [2.05, 4.69) is 10.3 Å². The van der Waals surface area contributed by atoms with Crippen LogP contribution in [0.2, 0.25) is 0 Å². The van der Waals surface area contributed by atoms with E-state index in [-0.39, 0.29) is 12.2 Å². The maximum atomic E-state index is 13.9. The number of anilines is 1. The Bertz CT molecular complexity index is 988. The van der Waals surface area contributed by atoms with E-state index >= 15 is 0 Å². The molecule has 0 aliphatic rings. The van der Waals surface area contributed by atoms with Crippen LogP contribution in [0.15, 0.2) is 42.6 Å². The Hall–Kier alpha value is -2.95. The number of rotatable bonds is 6. The van der Waals surface area contributed by atoms with E-state index in [0.717, 1.165) is 30.7 Å². The highest BCUT2D eigenvalue weighted by atomic mass is 32.2. The van der Waals surface area contributed by atoms with Crippen LogP contribution >= 0.6 is 0 Å². The lowest BCUT2D eigenvalue weighted by atomic mass is 10.2. The van der Waals surface area contributed by atoms with Gasteiger partial charge in [0, 0.05) is 18.8 Å². The molecule has 0 radical (unpaired) electrons. The molecule has 150 valence electrons. The summed E-state index contributed by atoms with van der Waals surface area (Å²) >= 11 is 0. The molecule has 0 spiro atoms. The lowest BCUT2D eigenvalue weighted by Gasteiger charge is -2.08. The van der Waals surface area contributed by atoms with Gasteiger partial charge in [0.25, 0.3) is 0 Å². The SMILES string of the molecule is CS(=O)(=O)Nc1ccc(CNC(=O)/C=C\c2ccc(C(F)(F)F)nc2)cc1F. The molecule has 0 aliphatic heterocycles. The summed E-state index contributed by atoms with van der Waals surface area (Å²) in [5, 5.41) is 2.47. The summed E-state index contributed by atoms with van der Waals surface area (Å²) in [6, 6.07) is 5.69. The molecular formula is C17H15F4N3O3S. The first-order valence-electron chi connectivity index (χ1n) is 7.69. The van der Waals surface area contributed by atoms with Gasteiger partial charge in [0.1, 0.15) is 11.5 Å². The second kappa shape index (κ2) is 8.38. The van der Waals surface area contributed by atoms with Gasteiger partial charge in [-0.05, 0) is 35.4 Å². The van der Waals surface area contributed by atoms with Crippen LogP contribution in [-0.2, 0) is 27.5 Å². The predicted octanol–water partition coefficient (Wildman–Crippen LogP) is 2.94. The summed E-state index contributed by atoms with van der Waals surface area (Å²) in [6.07, 6.45) is -0.293. The number of sulfonamides is 1. The molecule has 0 fully saturated rings. The normalized spacial score (nSPS) is 12.2. The van der Waals surface area contributed by atoms with E-state index in [1.807, 2.05) is 4.72 Å². The Kier molecular flexibility index (Phi) is 6.39. The number of alkyl halides is 3. The molecule has 0 unspecified atom stereocenters. The molecule has 0 aliphatic carbocycles. The largest absolute Gasteiger partial charge is 0.433 e. The number of aromatic nitrogens is 1. The minimum atomic E-state index is -4.54. The molecule has 28 heavy (non-hydrogen) atoms. The Morgan fingerprint density at radius 2 is 1.93 bits per heavy atom. The van der Waals surface area contributed by atoms with Gasteiger partial charge in [-0.25, -0.2) is 12.8 Å². The Balaban J connectivity index is 1.93. The molecule has 1 amide bonds. The van der Waals surface area contributed by atoms with Gasteiger partial charge < -0.3 is 5.32 Å². The summed E-state index contributed by atoms with van der Waals surface area (Å²) in [4.78, 5) is 15.0. The van der Waals surface area contributed by atoms with Gasteiger partial charge >= 0.3 is 6.18 Å². The maximum absolute atomic E-state index is 13.9. The average molecular weight is 417 g/mol. The third kappa shape index (κ3) is 6.65.